The molecule has 0 amide bonds. The zero-order valence-corrected chi connectivity index (χ0v) is 8.70. The number of rotatable bonds is 0. The summed E-state index contributed by atoms with van der Waals surface area (Å²) in [4.78, 5) is 4.45. The van der Waals surface area contributed by atoms with E-state index in [0.717, 1.165) is 28.6 Å². The number of fused-ring (bicyclic) bond motifs is 1. The summed E-state index contributed by atoms with van der Waals surface area (Å²) >= 11 is 0. The molecule has 0 saturated heterocycles. The van der Waals surface area contributed by atoms with Gasteiger partial charge in [0.05, 0.1) is 5.69 Å². The molecule has 2 heterocycles. The van der Waals surface area contributed by atoms with E-state index >= 15 is 0 Å². The predicted octanol–water partition coefficient (Wildman–Crippen LogP) is 0.618. The summed E-state index contributed by atoms with van der Waals surface area (Å²) in [5, 5.41) is 10.4. The molecule has 14 heavy (non-hydrogen) atoms. The molecule has 0 atom stereocenters. The van der Waals surface area contributed by atoms with Crippen molar-refractivity contribution in [3.05, 3.63) is 28.7 Å². The van der Waals surface area contributed by atoms with E-state index in [2.05, 4.69) is 17.1 Å². The van der Waals surface area contributed by atoms with Gasteiger partial charge in [0, 0.05) is 6.54 Å². The lowest BCUT2D eigenvalue weighted by Gasteiger charge is -2.06. The second-order valence-corrected chi connectivity index (χ2v) is 3.65. The fourth-order valence-corrected chi connectivity index (χ4v) is 1.92. The molecule has 0 saturated carbocycles. The van der Waals surface area contributed by atoms with Crippen molar-refractivity contribution < 1.29 is 5.11 Å². The maximum absolute atomic E-state index is 9.56. The Bertz CT molecular complexity index is 516. The van der Waals surface area contributed by atoms with Gasteiger partial charge in [-0.2, -0.15) is 0 Å². The summed E-state index contributed by atoms with van der Waals surface area (Å²) in [6, 6.07) is 0. The molecule has 0 aliphatic carbocycles. The first-order chi connectivity index (χ1) is 6.61. The molecule has 0 unspecified atom stereocenters. The molecule has 74 valence electrons. The van der Waals surface area contributed by atoms with Crippen LogP contribution in [-0.4, -0.2) is 14.7 Å². The minimum atomic E-state index is 0.337. The molecule has 0 spiro atoms. The fourth-order valence-electron chi connectivity index (χ4n) is 1.92. The summed E-state index contributed by atoms with van der Waals surface area (Å²) in [7, 11) is 0. The first-order valence-corrected chi connectivity index (χ1v) is 4.71. The number of nitrogens with zero attached hydrogens (tertiary/aromatic N) is 2. The summed E-state index contributed by atoms with van der Waals surface area (Å²) in [5.41, 5.74) is 3.00. The SMILES string of the molecule is CC1=c2nc(C)/c(=C(\C)O)n2CC=C1. The molecule has 0 bridgehead atoms. The maximum atomic E-state index is 9.56. The summed E-state index contributed by atoms with van der Waals surface area (Å²) < 4.78 is 2.04. The quantitative estimate of drug-likeness (QED) is 0.651. The molecule has 1 aromatic heterocycles. The Hall–Kier alpha value is -1.51. The molecule has 3 nitrogen and oxygen atoms in total. The number of aromatic nitrogens is 2. The molecule has 0 radical (unpaired) electrons. The van der Waals surface area contributed by atoms with Gasteiger partial charge in [0.15, 0.2) is 0 Å². The van der Waals surface area contributed by atoms with Crippen LogP contribution in [-0.2, 0) is 6.54 Å². The van der Waals surface area contributed by atoms with Crippen molar-refractivity contribution in [2.24, 2.45) is 0 Å². The van der Waals surface area contributed by atoms with Crippen molar-refractivity contribution in [2.45, 2.75) is 27.3 Å². The lowest BCUT2D eigenvalue weighted by molar-refractivity contribution is 0.491. The lowest BCUT2D eigenvalue weighted by Crippen LogP contribution is -2.31. The van der Waals surface area contributed by atoms with Crippen molar-refractivity contribution in [3.8, 4) is 0 Å². The monoisotopic (exact) mass is 190 g/mol. The van der Waals surface area contributed by atoms with E-state index < -0.39 is 0 Å². The third-order valence-electron chi connectivity index (χ3n) is 2.49. The first kappa shape index (κ1) is 9.06. The third kappa shape index (κ3) is 1.16. The van der Waals surface area contributed by atoms with E-state index in [1.54, 1.807) is 6.92 Å². The summed E-state index contributed by atoms with van der Waals surface area (Å²) in [6.07, 6.45) is 4.15. The van der Waals surface area contributed by atoms with Gasteiger partial charge in [-0.1, -0.05) is 12.2 Å². The van der Waals surface area contributed by atoms with Crippen molar-refractivity contribution >= 4 is 11.3 Å². The minimum absolute atomic E-state index is 0.337. The highest BCUT2D eigenvalue weighted by molar-refractivity contribution is 5.53. The first-order valence-electron chi connectivity index (χ1n) is 4.71. The largest absolute Gasteiger partial charge is 0.510 e. The van der Waals surface area contributed by atoms with Crippen LogP contribution in [0.3, 0.4) is 0 Å². The molecular weight excluding hydrogens is 176 g/mol. The van der Waals surface area contributed by atoms with E-state index in [0.29, 0.717) is 5.76 Å². The zero-order chi connectivity index (χ0) is 10.3. The third-order valence-corrected chi connectivity index (χ3v) is 2.49. The Morgan fingerprint density at radius 2 is 2.21 bits per heavy atom. The minimum Gasteiger partial charge on any atom is -0.510 e. The average Bonchev–Trinajstić information content (AvgIpc) is 2.42. The smallest absolute Gasteiger partial charge is 0.136 e. The van der Waals surface area contributed by atoms with E-state index in [9.17, 15) is 5.11 Å². The number of allylic oxidation sites excluding steroid dienone is 2. The van der Waals surface area contributed by atoms with Crippen LogP contribution in [0.2, 0.25) is 0 Å². The number of aliphatic hydroxyl groups excluding tert-OH is 1. The second kappa shape index (κ2) is 3.01. The number of imidazole rings is 1. The fraction of sp³-hybridized carbons (Fsp3) is 0.364. The Kier molecular flexibility index (Phi) is 1.95. The Labute approximate surface area is 82.7 Å². The highest BCUT2D eigenvalue weighted by Gasteiger charge is 2.08. The molecule has 1 N–H and O–H groups in total. The number of hydrogen-bond acceptors (Lipinski definition) is 2. The van der Waals surface area contributed by atoms with Crippen LogP contribution >= 0.6 is 0 Å². The van der Waals surface area contributed by atoms with E-state index in [4.69, 9.17) is 0 Å². The molecule has 3 heteroatoms. The van der Waals surface area contributed by atoms with Gasteiger partial charge in [0.1, 0.15) is 16.6 Å². The topological polar surface area (TPSA) is 38.1 Å². The standard InChI is InChI=1S/C11H14N2O/c1-7-5-4-6-13-10(9(3)14)8(2)12-11(7)13/h4-5,14H,6H2,1-3H3/b10-9-. The van der Waals surface area contributed by atoms with Gasteiger partial charge in [-0.15, -0.1) is 0 Å². The zero-order valence-electron chi connectivity index (χ0n) is 8.70. The summed E-state index contributed by atoms with van der Waals surface area (Å²) in [6.45, 7) is 6.45. The predicted molar refractivity (Wildman–Crippen MR) is 56.1 cm³/mol. The number of aryl methyl sites for hydroxylation is 1. The molecule has 1 aliphatic rings. The lowest BCUT2D eigenvalue weighted by atomic mass is 10.2. The number of hydrogen-bond donors (Lipinski definition) is 1. The van der Waals surface area contributed by atoms with Crippen LogP contribution in [0.1, 0.15) is 19.5 Å². The van der Waals surface area contributed by atoms with Gasteiger partial charge < -0.3 is 9.67 Å². The van der Waals surface area contributed by atoms with Crippen molar-refractivity contribution in [1.82, 2.24) is 9.55 Å². The van der Waals surface area contributed by atoms with Crippen LogP contribution in [0.15, 0.2) is 12.2 Å². The van der Waals surface area contributed by atoms with Gasteiger partial charge in [-0.25, -0.2) is 4.98 Å². The maximum Gasteiger partial charge on any atom is 0.136 e. The average molecular weight is 190 g/mol. The van der Waals surface area contributed by atoms with E-state index in [1.807, 2.05) is 18.4 Å². The van der Waals surface area contributed by atoms with Gasteiger partial charge in [0.25, 0.3) is 0 Å². The molecular formula is C11H14N2O. The molecule has 1 aliphatic heterocycles. The Morgan fingerprint density at radius 3 is 2.86 bits per heavy atom. The van der Waals surface area contributed by atoms with Gasteiger partial charge >= 0.3 is 0 Å². The normalized spacial score (nSPS) is 16.9. The Balaban J connectivity index is 2.95. The molecule has 0 aromatic carbocycles. The number of aliphatic hydroxyl groups is 1. The van der Waals surface area contributed by atoms with Gasteiger partial charge in [-0.3, -0.25) is 0 Å². The van der Waals surface area contributed by atoms with Crippen LogP contribution in [0.4, 0.5) is 0 Å². The Morgan fingerprint density at radius 1 is 1.50 bits per heavy atom. The molecule has 1 aromatic rings. The van der Waals surface area contributed by atoms with Crippen LogP contribution in [0.25, 0.3) is 11.3 Å². The highest BCUT2D eigenvalue weighted by atomic mass is 16.3. The van der Waals surface area contributed by atoms with Crippen LogP contribution < -0.4 is 10.8 Å². The summed E-state index contributed by atoms with van der Waals surface area (Å²) in [5.74, 6) is 0.337. The van der Waals surface area contributed by atoms with Crippen LogP contribution in [0, 0.1) is 6.92 Å². The highest BCUT2D eigenvalue weighted by Crippen LogP contribution is 1.99. The molecule has 0 fully saturated rings. The van der Waals surface area contributed by atoms with Crippen LogP contribution in [0.5, 0.6) is 0 Å². The van der Waals surface area contributed by atoms with E-state index in [1.165, 1.54) is 0 Å². The van der Waals surface area contributed by atoms with E-state index in [-0.39, 0.29) is 0 Å². The van der Waals surface area contributed by atoms with Crippen molar-refractivity contribution in [1.29, 1.82) is 0 Å². The van der Waals surface area contributed by atoms with Crippen molar-refractivity contribution in [2.75, 3.05) is 0 Å². The van der Waals surface area contributed by atoms with Gasteiger partial charge in [-0.05, 0) is 26.3 Å². The molecule has 2 rings (SSSR count). The van der Waals surface area contributed by atoms with Gasteiger partial charge in [0.2, 0.25) is 0 Å². The van der Waals surface area contributed by atoms with Crippen molar-refractivity contribution in [3.63, 3.8) is 0 Å². The second-order valence-electron chi connectivity index (χ2n) is 3.65.